The van der Waals surface area contributed by atoms with Crippen LogP contribution in [-0.2, 0) is 11.8 Å². The zero-order valence-electron chi connectivity index (χ0n) is 14.8. The maximum atomic E-state index is 6.03. The number of fused-ring (bicyclic) bond motifs is 2. The van der Waals surface area contributed by atoms with Gasteiger partial charge in [-0.3, -0.25) is 0 Å². The van der Waals surface area contributed by atoms with Crippen molar-refractivity contribution >= 4 is 10.9 Å². The standard InChI is InChI=1S/C20H29N3/c1-20(2,3)14-7-16-15-5-12(9-21)11-23(4)18(15)6-13-10-22-17(8-14)19(13)16/h7-8,10,12,15,18,22H,5-6,9,11,21H2,1-4H3/t12?,15-,18-/m1/s1. The van der Waals surface area contributed by atoms with Gasteiger partial charge in [-0.15, -0.1) is 0 Å². The lowest BCUT2D eigenvalue weighted by Gasteiger charge is -2.45. The Morgan fingerprint density at radius 1 is 1.30 bits per heavy atom. The molecule has 1 aromatic heterocycles. The minimum atomic E-state index is 0.177. The number of benzene rings is 1. The lowest BCUT2D eigenvalue weighted by molar-refractivity contribution is 0.115. The number of nitrogens with zero attached hydrogens (tertiary/aromatic N) is 1. The molecule has 1 saturated heterocycles. The smallest absolute Gasteiger partial charge is 0.0462 e. The number of piperidine rings is 1. The average molecular weight is 311 g/mol. The van der Waals surface area contributed by atoms with Gasteiger partial charge in [0.05, 0.1) is 0 Å². The number of rotatable bonds is 1. The molecule has 2 heterocycles. The van der Waals surface area contributed by atoms with Crippen molar-refractivity contribution in [1.82, 2.24) is 9.88 Å². The van der Waals surface area contributed by atoms with E-state index in [1.54, 1.807) is 5.56 Å². The average Bonchev–Trinajstić information content (AvgIpc) is 2.91. The van der Waals surface area contributed by atoms with Crippen LogP contribution in [0, 0.1) is 5.92 Å². The van der Waals surface area contributed by atoms with E-state index in [4.69, 9.17) is 5.73 Å². The molecule has 0 radical (unpaired) electrons. The molecule has 0 bridgehead atoms. The molecule has 3 heteroatoms. The van der Waals surface area contributed by atoms with E-state index in [0.29, 0.717) is 17.9 Å². The van der Waals surface area contributed by atoms with Gasteiger partial charge in [0.15, 0.2) is 0 Å². The van der Waals surface area contributed by atoms with Crippen LogP contribution in [-0.4, -0.2) is 36.1 Å². The highest BCUT2D eigenvalue weighted by molar-refractivity contribution is 5.89. The van der Waals surface area contributed by atoms with E-state index in [-0.39, 0.29) is 5.41 Å². The Hall–Kier alpha value is -1.32. The van der Waals surface area contributed by atoms with Crippen LogP contribution < -0.4 is 5.73 Å². The SMILES string of the molecule is CN1CC(CN)C[C@@H]2c3cc(C(C)(C)C)cc4[nH]cc(c34)C[C@H]21. The second-order valence-electron chi connectivity index (χ2n) is 8.71. The molecule has 23 heavy (non-hydrogen) atoms. The largest absolute Gasteiger partial charge is 0.361 e. The molecule has 0 saturated carbocycles. The van der Waals surface area contributed by atoms with E-state index < -0.39 is 0 Å². The fourth-order valence-electron chi connectivity index (χ4n) is 4.73. The molecule has 2 aliphatic rings. The second-order valence-corrected chi connectivity index (χ2v) is 8.71. The van der Waals surface area contributed by atoms with Crippen LogP contribution in [0.5, 0.6) is 0 Å². The molecule has 3 atom stereocenters. The van der Waals surface area contributed by atoms with Crippen LogP contribution in [0.25, 0.3) is 10.9 Å². The fourth-order valence-corrected chi connectivity index (χ4v) is 4.73. The molecule has 1 aliphatic heterocycles. The number of aromatic amines is 1. The maximum absolute atomic E-state index is 6.03. The molecule has 3 nitrogen and oxygen atoms in total. The van der Waals surface area contributed by atoms with Gasteiger partial charge in [0, 0.05) is 35.6 Å². The summed E-state index contributed by atoms with van der Waals surface area (Å²) < 4.78 is 0. The Kier molecular flexibility index (Phi) is 3.37. The van der Waals surface area contributed by atoms with Crippen molar-refractivity contribution in [2.45, 2.75) is 51.0 Å². The molecule has 1 aliphatic carbocycles. The van der Waals surface area contributed by atoms with Crippen LogP contribution in [0.4, 0.5) is 0 Å². The lowest BCUT2D eigenvalue weighted by Crippen LogP contribution is -2.49. The zero-order chi connectivity index (χ0) is 16.4. The molecule has 4 rings (SSSR count). The van der Waals surface area contributed by atoms with Crippen molar-refractivity contribution in [3.05, 3.63) is 35.0 Å². The fraction of sp³-hybridized carbons (Fsp3) is 0.600. The van der Waals surface area contributed by atoms with Crippen molar-refractivity contribution < 1.29 is 0 Å². The van der Waals surface area contributed by atoms with E-state index in [2.05, 4.69) is 56.0 Å². The third-order valence-electron chi connectivity index (χ3n) is 6.08. The van der Waals surface area contributed by atoms with Crippen molar-refractivity contribution in [3.63, 3.8) is 0 Å². The Morgan fingerprint density at radius 2 is 2.09 bits per heavy atom. The van der Waals surface area contributed by atoms with Crippen molar-refractivity contribution in [2.75, 3.05) is 20.1 Å². The Morgan fingerprint density at radius 3 is 2.78 bits per heavy atom. The van der Waals surface area contributed by atoms with Crippen LogP contribution in [0.3, 0.4) is 0 Å². The van der Waals surface area contributed by atoms with Crippen molar-refractivity contribution in [3.8, 4) is 0 Å². The van der Waals surface area contributed by atoms with E-state index in [1.165, 1.54) is 34.9 Å². The molecular weight excluding hydrogens is 282 g/mol. The van der Waals surface area contributed by atoms with Gasteiger partial charge >= 0.3 is 0 Å². The Balaban J connectivity index is 1.89. The minimum absolute atomic E-state index is 0.177. The first-order valence-electron chi connectivity index (χ1n) is 8.93. The number of H-pyrrole nitrogens is 1. The monoisotopic (exact) mass is 311 g/mol. The highest BCUT2D eigenvalue weighted by atomic mass is 15.1. The number of aromatic nitrogens is 1. The summed E-state index contributed by atoms with van der Waals surface area (Å²) in [4.78, 5) is 6.09. The molecule has 3 N–H and O–H groups in total. The first-order chi connectivity index (χ1) is 10.9. The van der Waals surface area contributed by atoms with Crippen molar-refractivity contribution in [2.24, 2.45) is 11.7 Å². The van der Waals surface area contributed by atoms with Crippen LogP contribution in [0.15, 0.2) is 18.3 Å². The highest BCUT2D eigenvalue weighted by Gasteiger charge is 2.39. The summed E-state index contributed by atoms with van der Waals surface area (Å²) >= 11 is 0. The quantitative estimate of drug-likeness (QED) is 0.848. The first kappa shape index (κ1) is 15.2. The first-order valence-corrected chi connectivity index (χ1v) is 8.93. The summed E-state index contributed by atoms with van der Waals surface area (Å²) in [5.74, 6) is 1.24. The van der Waals surface area contributed by atoms with Gasteiger partial charge < -0.3 is 15.6 Å². The van der Waals surface area contributed by atoms with E-state index in [0.717, 1.165) is 13.1 Å². The lowest BCUT2D eigenvalue weighted by atomic mass is 9.71. The number of nitrogens with two attached hydrogens (primary N) is 1. The van der Waals surface area contributed by atoms with E-state index in [1.807, 2.05) is 0 Å². The Labute approximate surface area is 139 Å². The molecule has 2 aromatic rings. The van der Waals surface area contributed by atoms with Gasteiger partial charge in [-0.2, -0.15) is 0 Å². The predicted molar refractivity (Wildman–Crippen MR) is 97.0 cm³/mol. The molecule has 124 valence electrons. The number of likely N-dealkylation sites (tertiary alicyclic amines) is 1. The molecule has 1 unspecified atom stereocenters. The van der Waals surface area contributed by atoms with Crippen LogP contribution in [0.2, 0.25) is 0 Å². The molecule has 0 spiro atoms. The van der Waals surface area contributed by atoms with Gasteiger partial charge in [0.2, 0.25) is 0 Å². The van der Waals surface area contributed by atoms with Crippen molar-refractivity contribution in [1.29, 1.82) is 0 Å². The topological polar surface area (TPSA) is 45.0 Å². The number of hydrogen-bond donors (Lipinski definition) is 2. The zero-order valence-corrected chi connectivity index (χ0v) is 14.8. The van der Waals surface area contributed by atoms with Crippen LogP contribution >= 0.6 is 0 Å². The summed E-state index contributed by atoms with van der Waals surface area (Å²) in [6.07, 6.45) is 4.64. The molecule has 1 aromatic carbocycles. The van der Waals surface area contributed by atoms with Gasteiger partial charge in [-0.05, 0) is 60.5 Å². The summed E-state index contributed by atoms with van der Waals surface area (Å²) in [6.45, 7) is 8.86. The predicted octanol–water partition coefficient (Wildman–Crippen LogP) is 3.38. The summed E-state index contributed by atoms with van der Waals surface area (Å²) in [5, 5.41) is 1.49. The third kappa shape index (κ3) is 2.33. The maximum Gasteiger partial charge on any atom is 0.0462 e. The number of hydrogen-bond acceptors (Lipinski definition) is 2. The third-order valence-corrected chi connectivity index (χ3v) is 6.08. The van der Waals surface area contributed by atoms with E-state index in [9.17, 15) is 0 Å². The minimum Gasteiger partial charge on any atom is -0.361 e. The Bertz CT molecular complexity index is 737. The number of nitrogens with one attached hydrogen (secondary N) is 1. The normalized spacial score (nSPS) is 28.1. The van der Waals surface area contributed by atoms with Gasteiger partial charge in [0.25, 0.3) is 0 Å². The molecule has 1 fully saturated rings. The van der Waals surface area contributed by atoms with E-state index >= 15 is 0 Å². The second kappa shape index (κ2) is 5.09. The summed E-state index contributed by atoms with van der Waals surface area (Å²) in [7, 11) is 2.28. The highest BCUT2D eigenvalue weighted by Crippen LogP contribution is 2.45. The summed E-state index contributed by atoms with van der Waals surface area (Å²) in [5.41, 5.74) is 12.0. The number of likely N-dealkylation sites (N-methyl/N-ethyl adjacent to an activating group) is 1. The summed E-state index contributed by atoms with van der Waals surface area (Å²) in [6, 6.07) is 5.47. The van der Waals surface area contributed by atoms with Crippen LogP contribution in [0.1, 0.15) is 49.8 Å². The van der Waals surface area contributed by atoms with Gasteiger partial charge in [0.1, 0.15) is 0 Å². The van der Waals surface area contributed by atoms with Gasteiger partial charge in [-0.25, -0.2) is 0 Å². The van der Waals surface area contributed by atoms with Gasteiger partial charge in [-0.1, -0.05) is 26.8 Å². The molecule has 0 amide bonds. The molecular formula is C20H29N3.